The Labute approximate surface area is 243 Å². The minimum atomic E-state index is -1.05. The highest BCUT2D eigenvalue weighted by atomic mass is 79.9. The Hall–Kier alpha value is -2.76. The molecule has 4 aromatic carbocycles. The molecule has 4 heteroatoms. The lowest BCUT2D eigenvalue weighted by molar-refractivity contribution is -0.946. The number of ether oxygens (including phenoxy) is 1. The fourth-order valence-electron chi connectivity index (χ4n) is 7.06. The van der Waals surface area contributed by atoms with Crippen LogP contribution in [0.5, 0.6) is 0 Å². The molecule has 3 aliphatic rings. The van der Waals surface area contributed by atoms with E-state index >= 15 is 0 Å². The van der Waals surface area contributed by atoms with Crippen molar-refractivity contribution >= 4 is 0 Å². The van der Waals surface area contributed by atoms with Gasteiger partial charge in [-0.2, -0.15) is 0 Å². The van der Waals surface area contributed by atoms with Crippen LogP contribution >= 0.6 is 0 Å². The maximum Gasteiger partial charge on any atom is 0.121 e. The molecule has 2 bridgehead atoms. The van der Waals surface area contributed by atoms with Crippen LogP contribution in [-0.2, 0) is 16.9 Å². The minimum Gasteiger partial charge on any atom is -1.00 e. The van der Waals surface area contributed by atoms with Crippen molar-refractivity contribution in [3.8, 4) is 11.1 Å². The Morgan fingerprint density at radius 1 is 0.692 bits per heavy atom. The first-order chi connectivity index (χ1) is 18.6. The predicted molar refractivity (Wildman–Crippen MR) is 153 cm³/mol. The zero-order chi connectivity index (χ0) is 25.9. The average molecular weight is 585 g/mol. The highest BCUT2D eigenvalue weighted by Crippen LogP contribution is 2.58. The van der Waals surface area contributed by atoms with Gasteiger partial charge in [-0.3, -0.25) is 0 Å². The van der Waals surface area contributed by atoms with Crippen molar-refractivity contribution in [2.24, 2.45) is 5.41 Å². The zero-order valence-electron chi connectivity index (χ0n) is 22.5. The second-order valence-electron chi connectivity index (χ2n) is 11.3. The summed E-state index contributed by atoms with van der Waals surface area (Å²) < 4.78 is 7.21. The van der Waals surface area contributed by atoms with Gasteiger partial charge in [0.15, 0.2) is 0 Å². The molecule has 7 rings (SSSR count). The number of hydrogen-bond acceptors (Lipinski definition) is 2. The third-order valence-corrected chi connectivity index (χ3v) is 9.38. The van der Waals surface area contributed by atoms with Crippen LogP contribution in [0.25, 0.3) is 11.1 Å². The van der Waals surface area contributed by atoms with Gasteiger partial charge in [0.1, 0.15) is 12.1 Å². The lowest BCUT2D eigenvalue weighted by Crippen LogP contribution is -3.00. The van der Waals surface area contributed by atoms with Crippen molar-refractivity contribution < 1.29 is 31.3 Å². The summed E-state index contributed by atoms with van der Waals surface area (Å²) >= 11 is 0. The highest BCUT2D eigenvalue weighted by Gasteiger charge is 2.60. The minimum absolute atomic E-state index is 0. The second-order valence-corrected chi connectivity index (χ2v) is 11.3. The van der Waals surface area contributed by atoms with Crippen molar-refractivity contribution in [2.45, 2.75) is 31.5 Å². The van der Waals surface area contributed by atoms with E-state index in [-0.39, 0.29) is 22.4 Å². The van der Waals surface area contributed by atoms with E-state index in [9.17, 15) is 5.11 Å². The van der Waals surface area contributed by atoms with Crippen LogP contribution in [0.2, 0.25) is 0 Å². The van der Waals surface area contributed by atoms with Gasteiger partial charge in [0.2, 0.25) is 0 Å². The number of benzene rings is 4. The zero-order valence-corrected chi connectivity index (χ0v) is 24.1. The van der Waals surface area contributed by atoms with Crippen molar-refractivity contribution in [1.29, 1.82) is 0 Å². The van der Waals surface area contributed by atoms with Crippen LogP contribution in [-0.4, -0.2) is 42.4 Å². The van der Waals surface area contributed by atoms with E-state index < -0.39 is 5.60 Å². The van der Waals surface area contributed by atoms with Crippen molar-refractivity contribution in [3.05, 3.63) is 132 Å². The lowest BCUT2D eigenvalue weighted by atomic mass is 9.55. The van der Waals surface area contributed by atoms with E-state index in [1.807, 2.05) is 12.1 Å². The van der Waals surface area contributed by atoms with Gasteiger partial charge < -0.3 is 31.3 Å². The predicted octanol–water partition coefficient (Wildman–Crippen LogP) is 3.81. The van der Waals surface area contributed by atoms with Crippen molar-refractivity contribution in [1.82, 2.24) is 0 Å². The first kappa shape index (κ1) is 27.8. The van der Waals surface area contributed by atoms with Gasteiger partial charge in [-0.05, 0) is 27.8 Å². The number of quaternary nitrogens is 1. The van der Waals surface area contributed by atoms with Crippen molar-refractivity contribution in [3.63, 3.8) is 0 Å². The highest BCUT2D eigenvalue weighted by molar-refractivity contribution is 5.70. The van der Waals surface area contributed by atoms with Crippen molar-refractivity contribution in [2.75, 3.05) is 32.8 Å². The third-order valence-electron chi connectivity index (χ3n) is 9.38. The molecule has 4 aromatic rings. The summed E-state index contributed by atoms with van der Waals surface area (Å²) in [5.41, 5.74) is 4.31. The number of nitrogens with zero attached hydrogens (tertiary/aromatic N) is 1. The summed E-state index contributed by atoms with van der Waals surface area (Å²) in [5.74, 6) is 0. The molecular formula is C35H38BrNO2. The fraction of sp³-hybridized carbons (Fsp3) is 0.314. The topological polar surface area (TPSA) is 29.5 Å². The van der Waals surface area contributed by atoms with Crippen LogP contribution in [0.3, 0.4) is 0 Å². The maximum atomic E-state index is 13.1. The van der Waals surface area contributed by atoms with E-state index in [2.05, 4.69) is 103 Å². The Bertz CT molecular complexity index is 1320. The third kappa shape index (κ3) is 5.24. The molecular weight excluding hydrogens is 546 g/mol. The van der Waals surface area contributed by atoms with E-state index in [1.165, 1.54) is 5.56 Å². The largest absolute Gasteiger partial charge is 1.00 e. The van der Waals surface area contributed by atoms with Crippen LogP contribution in [0.4, 0.5) is 0 Å². The molecule has 3 heterocycles. The monoisotopic (exact) mass is 583 g/mol. The quantitative estimate of drug-likeness (QED) is 0.240. The van der Waals surface area contributed by atoms with Gasteiger partial charge >= 0.3 is 0 Å². The number of halogens is 1. The molecule has 1 unspecified atom stereocenters. The van der Waals surface area contributed by atoms with Gasteiger partial charge in [-0.1, -0.05) is 115 Å². The number of fused-ring (bicyclic) bond motifs is 3. The SMILES string of the molecule is OC(c1ccccc1)(c1ccccc1-c1ccccc1)C12CC[N+](CCOCc3ccccc3)(CC1)CC2.[Br-]. The second kappa shape index (κ2) is 11.8. The summed E-state index contributed by atoms with van der Waals surface area (Å²) in [6, 6.07) is 39.9. The van der Waals surface area contributed by atoms with E-state index in [0.717, 1.165) is 78.8 Å². The molecule has 0 aromatic heterocycles. The summed E-state index contributed by atoms with van der Waals surface area (Å²) in [6.45, 7) is 5.79. The summed E-state index contributed by atoms with van der Waals surface area (Å²) in [4.78, 5) is 0. The molecule has 0 spiro atoms. The number of rotatable bonds is 9. The number of piperidine rings is 3. The Morgan fingerprint density at radius 2 is 1.23 bits per heavy atom. The molecule has 1 N–H and O–H groups in total. The van der Waals surface area contributed by atoms with Gasteiger partial charge in [0, 0.05) is 24.7 Å². The van der Waals surface area contributed by atoms with Crippen LogP contribution in [0, 0.1) is 5.41 Å². The molecule has 0 radical (unpaired) electrons. The first-order valence-corrected chi connectivity index (χ1v) is 14.0. The normalized spacial score (nSPS) is 23.5. The fourth-order valence-corrected chi connectivity index (χ4v) is 7.06. The number of hydrogen-bond donors (Lipinski definition) is 1. The van der Waals surface area contributed by atoms with Crippen LogP contribution in [0.15, 0.2) is 115 Å². The first-order valence-electron chi connectivity index (χ1n) is 14.0. The molecule has 39 heavy (non-hydrogen) atoms. The molecule has 3 saturated heterocycles. The summed E-state index contributed by atoms with van der Waals surface area (Å²) in [5, 5.41) is 13.1. The molecule has 0 amide bonds. The Balaban J connectivity index is 0.00000308. The molecule has 1 atom stereocenters. The summed E-state index contributed by atoms with van der Waals surface area (Å²) in [7, 11) is 0. The smallest absolute Gasteiger partial charge is 0.121 e. The molecule has 0 aliphatic carbocycles. The van der Waals surface area contributed by atoms with E-state index in [4.69, 9.17) is 4.74 Å². The van der Waals surface area contributed by atoms with Crippen LogP contribution < -0.4 is 17.0 Å². The standard InChI is InChI=1S/C35H38NO2.BrH/c37-35(31-16-8-3-9-17-31,33-19-11-10-18-32(33)30-14-6-2-7-15-30)34-20-23-36(24-21-34,25-22-34)26-27-38-28-29-12-4-1-5-13-29;/h1-19,37H,20-28H2;1H/q+1;/p-1. The molecule has 202 valence electrons. The van der Waals surface area contributed by atoms with Gasteiger partial charge in [0.25, 0.3) is 0 Å². The maximum absolute atomic E-state index is 13.1. The molecule has 3 fully saturated rings. The van der Waals surface area contributed by atoms with E-state index in [0.29, 0.717) is 6.61 Å². The molecule has 0 saturated carbocycles. The van der Waals surface area contributed by atoms with E-state index in [1.54, 1.807) is 0 Å². The lowest BCUT2D eigenvalue weighted by Gasteiger charge is -2.60. The number of aliphatic hydroxyl groups is 1. The average Bonchev–Trinajstić information content (AvgIpc) is 3.01. The molecule has 3 nitrogen and oxygen atoms in total. The summed E-state index contributed by atoms with van der Waals surface area (Å²) in [6.07, 6.45) is 3.04. The van der Waals surface area contributed by atoms with Gasteiger partial charge in [-0.25, -0.2) is 0 Å². The molecule has 3 aliphatic heterocycles. The van der Waals surface area contributed by atoms with Gasteiger partial charge in [0.05, 0.1) is 32.8 Å². The Morgan fingerprint density at radius 3 is 1.87 bits per heavy atom. The Kier molecular flexibility index (Phi) is 8.39. The van der Waals surface area contributed by atoms with Gasteiger partial charge in [-0.15, -0.1) is 0 Å². The van der Waals surface area contributed by atoms with Crippen LogP contribution in [0.1, 0.15) is 36.0 Å².